The van der Waals surface area contributed by atoms with Gasteiger partial charge in [-0.05, 0) is 72.8 Å². The minimum Gasteiger partial charge on any atom is -0.497 e. The quantitative estimate of drug-likeness (QED) is 0.595. The number of anilines is 1. The lowest BCUT2D eigenvalue weighted by Gasteiger charge is -2.40. The number of amides is 1. The number of ether oxygens (including phenoxy) is 2. The number of piperidine rings is 1. The predicted molar refractivity (Wildman–Crippen MR) is 133 cm³/mol. The lowest BCUT2D eigenvalue weighted by atomic mass is 9.74. The van der Waals surface area contributed by atoms with Crippen molar-refractivity contribution >= 4 is 17.6 Å². The van der Waals surface area contributed by atoms with Crippen molar-refractivity contribution in [1.82, 2.24) is 4.90 Å². The predicted octanol–water partition coefficient (Wildman–Crippen LogP) is 4.80. The number of carbonyl (C=O) groups is 2. The van der Waals surface area contributed by atoms with Gasteiger partial charge in [0.2, 0.25) is 5.91 Å². The summed E-state index contributed by atoms with van der Waals surface area (Å²) in [5.41, 5.74) is 3.95. The van der Waals surface area contributed by atoms with Gasteiger partial charge in [0.25, 0.3) is 0 Å². The Kier molecular flexibility index (Phi) is 6.72. The molecule has 0 aromatic heterocycles. The van der Waals surface area contributed by atoms with E-state index >= 15 is 0 Å². The van der Waals surface area contributed by atoms with Crippen LogP contribution in [0.4, 0.5) is 5.69 Å². The second-order valence-electron chi connectivity index (χ2n) is 10.8. The topological polar surface area (TPSA) is 59.1 Å². The van der Waals surface area contributed by atoms with Crippen LogP contribution in [0.5, 0.6) is 5.75 Å². The van der Waals surface area contributed by atoms with Gasteiger partial charge in [-0.3, -0.25) is 9.69 Å². The summed E-state index contributed by atoms with van der Waals surface area (Å²) in [5, 5.41) is 0. The van der Waals surface area contributed by atoms with Crippen LogP contribution in [0.25, 0.3) is 0 Å². The maximum Gasteiger partial charge on any atom is 0.337 e. The van der Waals surface area contributed by atoms with Crippen molar-refractivity contribution in [3.63, 3.8) is 0 Å². The molecule has 1 spiro atoms. The summed E-state index contributed by atoms with van der Waals surface area (Å²) in [4.78, 5) is 29.4. The molecule has 2 aromatic rings. The second-order valence-corrected chi connectivity index (χ2v) is 10.8. The van der Waals surface area contributed by atoms with Gasteiger partial charge in [-0.2, -0.15) is 0 Å². The van der Waals surface area contributed by atoms with Crippen LogP contribution in [-0.2, 0) is 21.5 Å². The Balaban J connectivity index is 1.49. The van der Waals surface area contributed by atoms with Gasteiger partial charge in [-0.15, -0.1) is 0 Å². The third-order valence-corrected chi connectivity index (χ3v) is 7.10. The molecule has 1 amide bonds. The van der Waals surface area contributed by atoms with Crippen molar-refractivity contribution in [3.05, 3.63) is 59.2 Å². The Morgan fingerprint density at radius 2 is 1.68 bits per heavy atom. The van der Waals surface area contributed by atoms with Gasteiger partial charge in [-0.25, -0.2) is 4.79 Å². The summed E-state index contributed by atoms with van der Waals surface area (Å²) in [5.74, 6) is 0.729. The van der Waals surface area contributed by atoms with Crippen molar-refractivity contribution in [3.8, 4) is 5.75 Å². The fourth-order valence-electron chi connectivity index (χ4n) is 5.24. The van der Waals surface area contributed by atoms with E-state index in [0.717, 1.165) is 50.5 Å². The van der Waals surface area contributed by atoms with Crippen molar-refractivity contribution in [1.29, 1.82) is 0 Å². The SMILES string of the molecule is COC(=O)c1ccc(CN2CCC3(CC2)CN(C(=O)CC(C)(C)C)c2ccc(OC)cc23)cc1. The molecule has 0 atom stereocenters. The van der Waals surface area contributed by atoms with E-state index in [1.165, 1.54) is 18.2 Å². The zero-order valence-electron chi connectivity index (χ0n) is 21.0. The highest BCUT2D eigenvalue weighted by Gasteiger charge is 2.46. The third-order valence-electron chi connectivity index (χ3n) is 7.10. The summed E-state index contributed by atoms with van der Waals surface area (Å²) in [6, 6.07) is 13.8. The van der Waals surface area contributed by atoms with Crippen LogP contribution in [0.15, 0.2) is 42.5 Å². The monoisotopic (exact) mass is 464 g/mol. The standard InChI is InChI=1S/C28H36N2O4/c1-27(2,3)17-25(31)30-19-28(23-16-22(33-4)10-11-24(23)30)12-14-29(15-13-28)18-20-6-8-21(9-7-20)26(32)34-5/h6-11,16H,12-15,17-19H2,1-5H3. The fraction of sp³-hybridized carbons (Fsp3) is 0.500. The minimum atomic E-state index is -0.313. The van der Waals surface area contributed by atoms with Crippen LogP contribution in [-0.4, -0.2) is 50.6 Å². The molecule has 1 saturated heterocycles. The molecule has 182 valence electrons. The first-order valence-corrected chi connectivity index (χ1v) is 12.0. The molecule has 6 nitrogen and oxygen atoms in total. The maximum absolute atomic E-state index is 13.3. The van der Waals surface area contributed by atoms with E-state index in [4.69, 9.17) is 9.47 Å². The first-order chi connectivity index (χ1) is 16.1. The van der Waals surface area contributed by atoms with E-state index in [2.05, 4.69) is 37.8 Å². The Morgan fingerprint density at radius 1 is 1.00 bits per heavy atom. The van der Waals surface area contributed by atoms with Crippen LogP contribution in [0.3, 0.4) is 0 Å². The normalized spacial score (nSPS) is 17.5. The molecule has 2 heterocycles. The Labute approximate surface area is 202 Å². The zero-order chi connectivity index (χ0) is 24.5. The summed E-state index contributed by atoms with van der Waals surface area (Å²) in [6.07, 6.45) is 2.52. The van der Waals surface area contributed by atoms with E-state index in [-0.39, 0.29) is 22.7 Å². The summed E-state index contributed by atoms with van der Waals surface area (Å²) < 4.78 is 10.3. The van der Waals surface area contributed by atoms with Gasteiger partial charge in [0.05, 0.1) is 19.8 Å². The number of hydrogen-bond donors (Lipinski definition) is 0. The highest BCUT2D eigenvalue weighted by atomic mass is 16.5. The smallest absolute Gasteiger partial charge is 0.337 e. The van der Waals surface area contributed by atoms with Gasteiger partial charge in [0.15, 0.2) is 0 Å². The largest absolute Gasteiger partial charge is 0.497 e. The molecular formula is C28H36N2O4. The van der Waals surface area contributed by atoms with Crippen LogP contribution in [0, 0.1) is 5.41 Å². The van der Waals surface area contributed by atoms with E-state index in [9.17, 15) is 9.59 Å². The Hall–Kier alpha value is -2.86. The summed E-state index contributed by atoms with van der Waals surface area (Å²) in [6.45, 7) is 9.83. The number of hydrogen-bond acceptors (Lipinski definition) is 5. The van der Waals surface area contributed by atoms with E-state index < -0.39 is 0 Å². The molecule has 0 unspecified atom stereocenters. The molecule has 0 radical (unpaired) electrons. The number of rotatable bonds is 5. The Morgan fingerprint density at radius 3 is 2.26 bits per heavy atom. The van der Waals surface area contributed by atoms with Gasteiger partial charge in [0.1, 0.15) is 5.75 Å². The summed E-state index contributed by atoms with van der Waals surface area (Å²) in [7, 11) is 3.09. The molecule has 0 saturated carbocycles. The van der Waals surface area contributed by atoms with E-state index in [1.54, 1.807) is 7.11 Å². The number of fused-ring (bicyclic) bond motifs is 2. The van der Waals surface area contributed by atoms with Gasteiger partial charge >= 0.3 is 5.97 Å². The molecule has 2 aromatic carbocycles. The minimum absolute atomic E-state index is 0.0390. The zero-order valence-corrected chi connectivity index (χ0v) is 21.0. The molecule has 2 aliphatic heterocycles. The van der Waals surface area contributed by atoms with Crippen molar-refractivity contribution in [2.24, 2.45) is 5.41 Å². The van der Waals surface area contributed by atoms with Crippen molar-refractivity contribution in [2.45, 2.75) is 52.0 Å². The molecular weight excluding hydrogens is 428 g/mol. The van der Waals surface area contributed by atoms with Crippen molar-refractivity contribution in [2.75, 3.05) is 38.8 Å². The molecule has 0 aliphatic carbocycles. The Bertz CT molecular complexity index is 1050. The molecule has 4 rings (SSSR count). The number of benzene rings is 2. The van der Waals surface area contributed by atoms with Gasteiger partial charge < -0.3 is 14.4 Å². The van der Waals surface area contributed by atoms with E-state index in [0.29, 0.717) is 12.0 Å². The van der Waals surface area contributed by atoms with Crippen LogP contribution in [0.2, 0.25) is 0 Å². The number of methoxy groups -OCH3 is 2. The van der Waals surface area contributed by atoms with Crippen LogP contribution >= 0.6 is 0 Å². The number of likely N-dealkylation sites (tertiary alicyclic amines) is 1. The lowest BCUT2D eigenvalue weighted by molar-refractivity contribution is -0.120. The van der Waals surface area contributed by atoms with E-state index in [1.807, 2.05) is 35.2 Å². The van der Waals surface area contributed by atoms with Gasteiger partial charge in [0, 0.05) is 30.6 Å². The third kappa shape index (κ3) is 4.97. The number of esters is 1. The highest BCUT2D eigenvalue weighted by Crippen LogP contribution is 2.49. The molecule has 6 heteroatoms. The highest BCUT2D eigenvalue weighted by molar-refractivity contribution is 5.97. The van der Waals surface area contributed by atoms with Crippen LogP contribution in [0.1, 0.15) is 61.5 Å². The molecule has 1 fully saturated rings. The summed E-state index contributed by atoms with van der Waals surface area (Å²) >= 11 is 0. The van der Waals surface area contributed by atoms with Gasteiger partial charge in [-0.1, -0.05) is 32.9 Å². The number of nitrogens with zero attached hydrogens (tertiary/aromatic N) is 2. The number of carbonyl (C=O) groups excluding carboxylic acids is 2. The van der Waals surface area contributed by atoms with Crippen molar-refractivity contribution < 1.29 is 19.1 Å². The average Bonchev–Trinajstić information content (AvgIpc) is 3.13. The molecule has 0 N–H and O–H groups in total. The second kappa shape index (κ2) is 9.41. The molecule has 34 heavy (non-hydrogen) atoms. The molecule has 2 aliphatic rings. The first kappa shape index (κ1) is 24.3. The fourth-order valence-corrected chi connectivity index (χ4v) is 5.24. The maximum atomic E-state index is 13.3. The van der Waals surface area contributed by atoms with Crippen LogP contribution < -0.4 is 9.64 Å². The average molecular weight is 465 g/mol. The lowest BCUT2D eigenvalue weighted by Crippen LogP contribution is -2.46. The molecule has 0 bridgehead atoms. The first-order valence-electron chi connectivity index (χ1n) is 12.0.